The zero-order valence-corrected chi connectivity index (χ0v) is 11.6. The molecule has 0 fully saturated rings. The molecular formula is C16H15F4N. The first-order valence-corrected chi connectivity index (χ1v) is 6.43. The Hall–Kier alpha value is -1.88. The summed E-state index contributed by atoms with van der Waals surface area (Å²) in [5, 5.41) is 3.05. The van der Waals surface area contributed by atoms with Gasteiger partial charge in [-0.1, -0.05) is 18.2 Å². The van der Waals surface area contributed by atoms with Gasteiger partial charge in [-0.15, -0.1) is 0 Å². The second kappa shape index (κ2) is 5.85. The zero-order chi connectivity index (χ0) is 15.6. The van der Waals surface area contributed by atoms with Crippen molar-refractivity contribution >= 4 is 0 Å². The van der Waals surface area contributed by atoms with Crippen LogP contribution in [0, 0.1) is 12.7 Å². The summed E-state index contributed by atoms with van der Waals surface area (Å²) < 4.78 is 50.9. The third-order valence-electron chi connectivity index (χ3n) is 3.40. The monoisotopic (exact) mass is 297 g/mol. The summed E-state index contributed by atoms with van der Waals surface area (Å²) in [4.78, 5) is 0. The number of alkyl halides is 3. The molecule has 0 spiro atoms. The van der Waals surface area contributed by atoms with Gasteiger partial charge in [0.05, 0.1) is 11.6 Å². The summed E-state index contributed by atoms with van der Waals surface area (Å²) in [5.74, 6) is -0.335. The SMILES string of the molecule is CNC(c1ccc(C(F)(F)F)cc1)c1ccc(F)cc1C. The lowest BCUT2D eigenvalue weighted by atomic mass is 9.94. The molecule has 1 unspecified atom stereocenters. The molecular weight excluding hydrogens is 282 g/mol. The number of hydrogen-bond acceptors (Lipinski definition) is 1. The third kappa shape index (κ3) is 3.42. The summed E-state index contributed by atoms with van der Waals surface area (Å²) in [6, 6.07) is 9.09. The number of benzene rings is 2. The first kappa shape index (κ1) is 15.5. The Morgan fingerprint density at radius 2 is 1.62 bits per heavy atom. The molecule has 0 aromatic heterocycles. The van der Waals surface area contributed by atoms with Gasteiger partial charge in [-0.05, 0) is 54.9 Å². The van der Waals surface area contributed by atoms with Gasteiger partial charge in [-0.2, -0.15) is 13.2 Å². The van der Waals surface area contributed by atoms with E-state index in [0.29, 0.717) is 5.56 Å². The minimum Gasteiger partial charge on any atom is -0.309 e. The van der Waals surface area contributed by atoms with Gasteiger partial charge in [-0.25, -0.2) is 4.39 Å². The smallest absolute Gasteiger partial charge is 0.309 e. The molecule has 0 bridgehead atoms. The normalized spacial score (nSPS) is 13.2. The van der Waals surface area contributed by atoms with E-state index in [4.69, 9.17) is 0 Å². The van der Waals surface area contributed by atoms with Crippen molar-refractivity contribution < 1.29 is 17.6 Å². The van der Waals surface area contributed by atoms with Crippen molar-refractivity contribution in [2.75, 3.05) is 7.05 Å². The van der Waals surface area contributed by atoms with Gasteiger partial charge in [0, 0.05) is 0 Å². The highest BCUT2D eigenvalue weighted by Crippen LogP contribution is 2.31. The molecule has 1 atom stereocenters. The van der Waals surface area contributed by atoms with Crippen LogP contribution in [0.15, 0.2) is 42.5 Å². The van der Waals surface area contributed by atoms with E-state index in [1.165, 1.54) is 24.3 Å². The molecule has 0 aliphatic rings. The molecule has 112 valence electrons. The van der Waals surface area contributed by atoms with Crippen LogP contribution in [0.5, 0.6) is 0 Å². The van der Waals surface area contributed by atoms with Gasteiger partial charge >= 0.3 is 6.18 Å². The standard InChI is InChI=1S/C16H15F4N/c1-10-9-13(17)7-8-14(10)15(21-2)11-3-5-12(6-4-11)16(18,19)20/h3-9,15,21H,1-2H3. The largest absolute Gasteiger partial charge is 0.416 e. The average molecular weight is 297 g/mol. The number of aryl methyl sites for hydroxylation is 1. The molecule has 0 heterocycles. The fraction of sp³-hybridized carbons (Fsp3) is 0.250. The molecule has 2 aromatic carbocycles. The highest BCUT2D eigenvalue weighted by atomic mass is 19.4. The van der Waals surface area contributed by atoms with Crippen molar-refractivity contribution in [3.63, 3.8) is 0 Å². The fourth-order valence-corrected chi connectivity index (χ4v) is 2.33. The molecule has 0 amide bonds. The van der Waals surface area contributed by atoms with E-state index in [1.807, 2.05) is 0 Å². The highest BCUT2D eigenvalue weighted by molar-refractivity contribution is 5.38. The number of nitrogens with one attached hydrogen (secondary N) is 1. The molecule has 0 saturated carbocycles. The lowest BCUT2D eigenvalue weighted by molar-refractivity contribution is -0.137. The first-order valence-electron chi connectivity index (χ1n) is 6.43. The van der Waals surface area contributed by atoms with Crippen molar-refractivity contribution in [2.45, 2.75) is 19.1 Å². The molecule has 1 N–H and O–H groups in total. The van der Waals surface area contributed by atoms with Crippen LogP contribution in [-0.2, 0) is 6.18 Å². The average Bonchev–Trinajstić information content (AvgIpc) is 2.41. The van der Waals surface area contributed by atoms with Gasteiger partial charge in [0.2, 0.25) is 0 Å². The van der Waals surface area contributed by atoms with Gasteiger partial charge in [0.25, 0.3) is 0 Å². The van der Waals surface area contributed by atoms with Crippen LogP contribution in [0.3, 0.4) is 0 Å². The second-order valence-electron chi connectivity index (χ2n) is 4.84. The van der Waals surface area contributed by atoms with Crippen LogP contribution in [0.1, 0.15) is 28.3 Å². The predicted molar refractivity (Wildman–Crippen MR) is 73.5 cm³/mol. The maximum Gasteiger partial charge on any atom is 0.416 e. The summed E-state index contributed by atoms with van der Waals surface area (Å²) in [5.41, 5.74) is 1.59. The molecule has 0 aliphatic heterocycles. The molecule has 0 radical (unpaired) electrons. The van der Waals surface area contributed by atoms with E-state index in [9.17, 15) is 17.6 Å². The number of halogens is 4. The first-order chi connectivity index (χ1) is 9.82. The molecule has 21 heavy (non-hydrogen) atoms. The highest BCUT2D eigenvalue weighted by Gasteiger charge is 2.30. The molecule has 0 aliphatic carbocycles. The molecule has 5 heteroatoms. The zero-order valence-electron chi connectivity index (χ0n) is 11.6. The van der Waals surface area contributed by atoms with Crippen LogP contribution >= 0.6 is 0 Å². The van der Waals surface area contributed by atoms with Crippen molar-refractivity contribution in [3.05, 3.63) is 70.5 Å². The Labute approximate surface area is 120 Å². The van der Waals surface area contributed by atoms with E-state index >= 15 is 0 Å². The Morgan fingerprint density at radius 1 is 1.00 bits per heavy atom. The van der Waals surface area contributed by atoms with E-state index in [2.05, 4.69) is 5.32 Å². The Kier molecular flexibility index (Phi) is 4.32. The molecule has 2 aromatic rings. The van der Waals surface area contributed by atoms with E-state index in [0.717, 1.165) is 23.3 Å². The summed E-state index contributed by atoms with van der Waals surface area (Å²) >= 11 is 0. The Bertz CT molecular complexity index is 617. The van der Waals surface area contributed by atoms with Gasteiger partial charge in [0.15, 0.2) is 0 Å². The quantitative estimate of drug-likeness (QED) is 0.825. The van der Waals surface area contributed by atoms with Crippen LogP contribution in [0.4, 0.5) is 17.6 Å². The van der Waals surface area contributed by atoms with Crippen molar-refractivity contribution in [1.29, 1.82) is 0 Å². The maximum atomic E-state index is 13.2. The van der Waals surface area contributed by atoms with Gasteiger partial charge in [0.1, 0.15) is 5.82 Å². The predicted octanol–water partition coefficient (Wildman–Crippen LogP) is 4.46. The van der Waals surface area contributed by atoms with E-state index < -0.39 is 11.7 Å². The van der Waals surface area contributed by atoms with Crippen LogP contribution in [0.2, 0.25) is 0 Å². The summed E-state index contributed by atoms with van der Waals surface area (Å²) in [6.07, 6.45) is -4.35. The third-order valence-corrected chi connectivity index (χ3v) is 3.40. The number of rotatable bonds is 3. The Morgan fingerprint density at radius 3 is 2.10 bits per heavy atom. The molecule has 0 saturated heterocycles. The topological polar surface area (TPSA) is 12.0 Å². The van der Waals surface area contributed by atoms with Crippen molar-refractivity contribution in [1.82, 2.24) is 5.32 Å². The lowest BCUT2D eigenvalue weighted by Crippen LogP contribution is -2.19. The van der Waals surface area contributed by atoms with Gasteiger partial charge in [-0.3, -0.25) is 0 Å². The van der Waals surface area contributed by atoms with Crippen LogP contribution in [0.25, 0.3) is 0 Å². The maximum absolute atomic E-state index is 13.2. The lowest BCUT2D eigenvalue weighted by Gasteiger charge is -2.20. The van der Waals surface area contributed by atoms with Crippen LogP contribution < -0.4 is 5.32 Å². The summed E-state index contributed by atoms with van der Waals surface area (Å²) in [7, 11) is 1.71. The van der Waals surface area contributed by atoms with Crippen molar-refractivity contribution in [2.24, 2.45) is 0 Å². The molecule has 2 rings (SSSR count). The molecule has 1 nitrogen and oxygen atoms in total. The number of hydrogen-bond donors (Lipinski definition) is 1. The Balaban J connectivity index is 2.37. The van der Waals surface area contributed by atoms with Gasteiger partial charge < -0.3 is 5.32 Å². The minimum absolute atomic E-state index is 0.284. The van der Waals surface area contributed by atoms with E-state index in [-0.39, 0.29) is 11.9 Å². The van der Waals surface area contributed by atoms with E-state index in [1.54, 1.807) is 20.0 Å². The fourth-order valence-electron chi connectivity index (χ4n) is 2.33. The second-order valence-corrected chi connectivity index (χ2v) is 4.84. The van der Waals surface area contributed by atoms with Crippen molar-refractivity contribution in [3.8, 4) is 0 Å². The minimum atomic E-state index is -4.35. The summed E-state index contributed by atoms with van der Waals surface area (Å²) in [6.45, 7) is 1.77. The van der Waals surface area contributed by atoms with Crippen LogP contribution in [-0.4, -0.2) is 7.05 Å².